The number of aryl methyl sites for hydroxylation is 3. The lowest BCUT2D eigenvalue weighted by atomic mass is 9.90. The summed E-state index contributed by atoms with van der Waals surface area (Å²) in [5.41, 5.74) is 6.56. The summed E-state index contributed by atoms with van der Waals surface area (Å²) in [7, 11) is 1.97. The van der Waals surface area contributed by atoms with Gasteiger partial charge < -0.3 is 10.3 Å². The van der Waals surface area contributed by atoms with E-state index in [9.17, 15) is 0 Å². The van der Waals surface area contributed by atoms with E-state index in [0.717, 1.165) is 18.1 Å². The largest absolute Gasteiger partial charge is 0.345 e. The normalized spacial score (nSPS) is 14.4. The molecule has 0 amide bonds. The third kappa shape index (κ3) is 2.43. The lowest BCUT2D eigenvalue weighted by molar-refractivity contribution is 0.686. The Morgan fingerprint density at radius 2 is 2.00 bits per heavy atom. The topological polar surface area (TPSA) is 40.7 Å². The molecule has 0 saturated heterocycles. The predicted molar refractivity (Wildman–Crippen MR) is 78.2 cm³/mol. The van der Waals surface area contributed by atoms with Gasteiger partial charge in [0.2, 0.25) is 0 Å². The van der Waals surface area contributed by atoms with Crippen LogP contribution in [0.4, 0.5) is 0 Å². The maximum absolute atomic E-state index is 4.65. The highest BCUT2D eigenvalue weighted by Gasteiger charge is 2.14. The van der Waals surface area contributed by atoms with Gasteiger partial charge in [-0.1, -0.05) is 12.1 Å². The molecule has 0 unspecified atom stereocenters. The molecule has 3 heteroatoms. The van der Waals surface area contributed by atoms with E-state index in [4.69, 9.17) is 0 Å². The number of aromatic nitrogens is 2. The molecule has 1 aromatic carbocycles. The molecule has 100 valence electrons. The highest BCUT2D eigenvalue weighted by molar-refractivity contribution is 5.64. The average Bonchev–Trinajstić information content (AvgIpc) is 2.80. The second-order valence-corrected chi connectivity index (χ2v) is 5.37. The summed E-state index contributed by atoms with van der Waals surface area (Å²) < 4.78 is 0. The van der Waals surface area contributed by atoms with Crippen LogP contribution in [-0.4, -0.2) is 17.0 Å². The van der Waals surface area contributed by atoms with Crippen molar-refractivity contribution in [3.05, 3.63) is 40.8 Å². The Hall–Kier alpha value is -1.61. The molecule has 0 fully saturated rings. The number of hydrogen-bond acceptors (Lipinski definition) is 2. The van der Waals surface area contributed by atoms with Crippen molar-refractivity contribution in [2.24, 2.45) is 0 Å². The van der Waals surface area contributed by atoms with Crippen molar-refractivity contribution >= 4 is 0 Å². The zero-order chi connectivity index (χ0) is 13.2. The summed E-state index contributed by atoms with van der Waals surface area (Å²) in [5.74, 6) is 0.984. The van der Waals surface area contributed by atoms with Crippen LogP contribution in [0, 0.1) is 6.92 Å². The van der Waals surface area contributed by atoms with Gasteiger partial charge in [0.05, 0.1) is 11.4 Å². The van der Waals surface area contributed by atoms with E-state index in [1.165, 1.54) is 48.1 Å². The molecule has 1 aromatic heterocycles. The SMILES string of the molecule is CNCc1[nH]c(C)nc1-c1ccc2c(c1)CCCC2. The fourth-order valence-corrected chi connectivity index (χ4v) is 2.96. The molecule has 1 aliphatic carbocycles. The lowest BCUT2D eigenvalue weighted by Gasteiger charge is -2.16. The molecule has 2 N–H and O–H groups in total. The molecule has 2 aromatic rings. The third-order valence-corrected chi connectivity index (χ3v) is 3.87. The second kappa shape index (κ2) is 5.17. The molecule has 1 heterocycles. The van der Waals surface area contributed by atoms with Crippen molar-refractivity contribution in [1.82, 2.24) is 15.3 Å². The first kappa shape index (κ1) is 12.4. The van der Waals surface area contributed by atoms with Crippen LogP contribution in [0.15, 0.2) is 18.2 Å². The fourth-order valence-electron chi connectivity index (χ4n) is 2.96. The molecule has 0 atom stereocenters. The van der Waals surface area contributed by atoms with Crippen LogP contribution in [-0.2, 0) is 19.4 Å². The minimum atomic E-state index is 0.827. The van der Waals surface area contributed by atoms with Gasteiger partial charge >= 0.3 is 0 Å². The van der Waals surface area contributed by atoms with Crippen LogP contribution < -0.4 is 5.32 Å². The van der Waals surface area contributed by atoms with Crippen LogP contribution in [0.25, 0.3) is 11.3 Å². The van der Waals surface area contributed by atoms with Gasteiger partial charge in [0.15, 0.2) is 0 Å². The van der Waals surface area contributed by atoms with E-state index in [2.05, 4.69) is 33.5 Å². The Bertz CT molecular complexity index is 584. The van der Waals surface area contributed by atoms with Crippen LogP contribution in [0.2, 0.25) is 0 Å². The highest BCUT2D eigenvalue weighted by atomic mass is 15.0. The van der Waals surface area contributed by atoms with Crippen LogP contribution in [0.1, 0.15) is 35.5 Å². The Morgan fingerprint density at radius 3 is 2.79 bits per heavy atom. The number of nitrogens with zero attached hydrogens (tertiary/aromatic N) is 1. The summed E-state index contributed by atoms with van der Waals surface area (Å²) in [4.78, 5) is 8.00. The van der Waals surface area contributed by atoms with E-state index < -0.39 is 0 Å². The fraction of sp³-hybridized carbons (Fsp3) is 0.438. The minimum absolute atomic E-state index is 0.827. The van der Waals surface area contributed by atoms with Crippen molar-refractivity contribution in [2.45, 2.75) is 39.2 Å². The molecule has 0 saturated carbocycles. The quantitative estimate of drug-likeness (QED) is 0.885. The smallest absolute Gasteiger partial charge is 0.103 e. The van der Waals surface area contributed by atoms with Gasteiger partial charge in [0, 0.05) is 12.1 Å². The molecule has 0 aliphatic heterocycles. The first-order valence-corrected chi connectivity index (χ1v) is 7.10. The molecule has 0 radical (unpaired) electrons. The van der Waals surface area contributed by atoms with Gasteiger partial charge in [-0.25, -0.2) is 4.98 Å². The first-order chi connectivity index (χ1) is 9.28. The monoisotopic (exact) mass is 255 g/mol. The van der Waals surface area contributed by atoms with Crippen LogP contribution >= 0.6 is 0 Å². The summed E-state index contributed by atoms with van der Waals surface area (Å²) in [6.07, 6.45) is 5.10. The lowest BCUT2D eigenvalue weighted by Crippen LogP contribution is -2.07. The summed E-state index contributed by atoms with van der Waals surface area (Å²) in [6.45, 7) is 2.84. The molecule has 0 bridgehead atoms. The molecular formula is C16H21N3. The zero-order valence-electron chi connectivity index (χ0n) is 11.7. The van der Waals surface area contributed by atoms with E-state index in [0.29, 0.717) is 0 Å². The molecule has 3 rings (SSSR count). The van der Waals surface area contributed by atoms with E-state index in [1.807, 2.05) is 14.0 Å². The Kier molecular flexibility index (Phi) is 3.38. The van der Waals surface area contributed by atoms with Crippen molar-refractivity contribution in [3.63, 3.8) is 0 Å². The summed E-state index contributed by atoms with van der Waals surface area (Å²) in [6, 6.07) is 6.85. The van der Waals surface area contributed by atoms with Crippen molar-refractivity contribution in [3.8, 4) is 11.3 Å². The van der Waals surface area contributed by atoms with Crippen LogP contribution in [0.5, 0.6) is 0 Å². The number of H-pyrrole nitrogens is 1. The Labute approximate surface area is 114 Å². The molecule has 1 aliphatic rings. The third-order valence-electron chi connectivity index (χ3n) is 3.87. The average molecular weight is 255 g/mol. The number of nitrogens with one attached hydrogen (secondary N) is 2. The molecule has 19 heavy (non-hydrogen) atoms. The maximum Gasteiger partial charge on any atom is 0.103 e. The van der Waals surface area contributed by atoms with Gasteiger partial charge in [-0.3, -0.25) is 0 Å². The van der Waals surface area contributed by atoms with E-state index >= 15 is 0 Å². The van der Waals surface area contributed by atoms with Gasteiger partial charge in [0.25, 0.3) is 0 Å². The first-order valence-electron chi connectivity index (χ1n) is 7.10. The van der Waals surface area contributed by atoms with Crippen molar-refractivity contribution in [2.75, 3.05) is 7.05 Å². The minimum Gasteiger partial charge on any atom is -0.345 e. The standard InChI is InChI=1S/C16H21N3/c1-11-18-15(10-17-2)16(19-11)14-8-7-12-5-3-4-6-13(12)9-14/h7-9,17H,3-6,10H2,1-2H3,(H,18,19). The number of aromatic amines is 1. The Balaban J connectivity index is 2.01. The molecule has 0 spiro atoms. The summed E-state index contributed by atoms with van der Waals surface area (Å²) >= 11 is 0. The van der Waals surface area contributed by atoms with E-state index in [1.54, 1.807) is 0 Å². The van der Waals surface area contributed by atoms with E-state index in [-0.39, 0.29) is 0 Å². The van der Waals surface area contributed by atoms with Gasteiger partial charge in [-0.2, -0.15) is 0 Å². The van der Waals surface area contributed by atoms with Crippen molar-refractivity contribution < 1.29 is 0 Å². The molecular weight excluding hydrogens is 234 g/mol. The second-order valence-electron chi connectivity index (χ2n) is 5.37. The van der Waals surface area contributed by atoms with Crippen molar-refractivity contribution in [1.29, 1.82) is 0 Å². The van der Waals surface area contributed by atoms with Crippen LogP contribution in [0.3, 0.4) is 0 Å². The number of benzene rings is 1. The molecule has 3 nitrogen and oxygen atoms in total. The Morgan fingerprint density at radius 1 is 1.21 bits per heavy atom. The number of imidazole rings is 1. The number of fused-ring (bicyclic) bond motifs is 1. The van der Waals surface area contributed by atoms with Gasteiger partial charge in [-0.15, -0.1) is 0 Å². The van der Waals surface area contributed by atoms with Gasteiger partial charge in [0.1, 0.15) is 5.82 Å². The van der Waals surface area contributed by atoms with Gasteiger partial charge in [-0.05, 0) is 56.8 Å². The highest BCUT2D eigenvalue weighted by Crippen LogP contribution is 2.28. The number of rotatable bonds is 3. The summed E-state index contributed by atoms with van der Waals surface area (Å²) in [5, 5.41) is 3.20. The maximum atomic E-state index is 4.65. The predicted octanol–water partition coefficient (Wildman–Crippen LogP) is 2.98. The zero-order valence-corrected chi connectivity index (χ0v) is 11.7. The number of hydrogen-bond donors (Lipinski definition) is 2.